The van der Waals surface area contributed by atoms with Gasteiger partial charge in [0.05, 0.1) is 6.20 Å². The van der Waals surface area contributed by atoms with Crippen molar-refractivity contribution in [1.29, 1.82) is 0 Å². The zero-order valence-electron chi connectivity index (χ0n) is 15.4. The summed E-state index contributed by atoms with van der Waals surface area (Å²) in [5, 5.41) is 7.07. The molecule has 2 aliphatic rings. The number of H-pyrrole nitrogens is 1. The number of ether oxygens (including phenoxy) is 1. The van der Waals surface area contributed by atoms with Gasteiger partial charge in [-0.1, -0.05) is 13.8 Å². The van der Waals surface area contributed by atoms with E-state index in [0.717, 1.165) is 25.4 Å². The molecule has 1 saturated carbocycles. The maximum Gasteiger partial charge on any atom is 0.410 e. The van der Waals surface area contributed by atoms with Crippen molar-refractivity contribution in [1.82, 2.24) is 15.1 Å². The first-order valence-corrected chi connectivity index (χ1v) is 8.73. The molecule has 1 aromatic heterocycles. The van der Waals surface area contributed by atoms with Gasteiger partial charge in [0.25, 0.3) is 0 Å². The number of rotatable bonds is 2. The van der Waals surface area contributed by atoms with E-state index in [0.29, 0.717) is 5.41 Å². The van der Waals surface area contributed by atoms with Crippen LogP contribution < -0.4 is 0 Å². The summed E-state index contributed by atoms with van der Waals surface area (Å²) >= 11 is 0. The fourth-order valence-corrected chi connectivity index (χ4v) is 3.68. The number of aromatic amines is 1. The Bertz CT molecular complexity index is 531. The Labute approximate surface area is 139 Å². The number of nitrogens with one attached hydrogen (secondary N) is 1. The number of aryl methyl sites for hydroxylation is 1. The Morgan fingerprint density at radius 2 is 2.00 bits per heavy atom. The van der Waals surface area contributed by atoms with Gasteiger partial charge in [0.1, 0.15) is 5.60 Å². The Balaban J connectivity index is 0.000000924. The van der Waals surface area contributed by atoms with Crippen LogP contribution in [0.15, 0.2) is 6.20 Å². The van der Waals surface area contributed by atoms with E-state index in [9.17, 15) is 4.79 Å². The second-order valence-electron chi connectivity index (χ2n) is 7.84. The third kappa shape index (κ3) is 4.06. The van der Waals surface area contributed by atoms with Crippen LogP contribution in [0.2, 0.25) is 0 Å². The van der Waals surface area contributed by atoms with Gasteiger partial charge in [0.15, 0.2) is 0 Å². The molecule has 1 spiro atoms. The lowest BCUT2D eigenvalue weighted by atomic mass is 9.56. The topological polar surface area (TPSA) is 58.2 Å². The third-order valence-electron chi connectivity index (χ3n) is 4.59. The minimum atomic E-state index is -0.402. The predicted octanol–water partition coefficient (Wildman–Crippen LogP) is 3.93. The van der Waals surface area contributed by atoms with Gasteiger partial charge in [-0.25, -0.2) is 4.79 Å². The maximum absolute atomic E-state index is 11.9. The van der Waals surface area contributed by atoms with Crippen molar-refractivity contribution in [2.45, 2.75) is 66.4 Å². The molecule has 0 aromatic carbocycles. The fourth-order valence-electron chi connectivity index (χ4n) is 3.68. The van der Waals surface area contributed by atoms with Gasteiger partial charge < -0.3 is 9.64 Å². The molecule has 1 N–H and O–H groups in total. The molecule has 0 unspecified atom stereocenters. The molecule has 2 heterocycles. The first-order valence-electron chi connectivity index (χ1n) is 8.73. The maximum atomic E-state index is 11.9. The first kappa shape index (κ1) is 17.8. The normalized spacial score (nSPS) is 19.5. The van der Waals surface area contributed by atoms with Crippen molar-refractivity contribution < 1.29 is 9.53 Å². The molecule has 0 atom stereocenters. The van der Waals surface area contributed by atoms with Gasteiger partial charge in [-0.3, -0.25) is 5.10 Å². The minimum absolute atomic E-state index is 0.165. The molecule has 5 heteroatoms. The van der Waals surface area contributed by atoms with E-state index in [4.69, 9.17) is 4.74 Å². The molecule has 1 aliphatic heterocycles. The van der Waals surface area contributed by atoms with Crippen LogP contribution in [-0.2, 0) is 11.2 Å². The quantitative estimate of drug-likeness (QED) is 0.897. The summed E-state index contributed by atoms with van der Waals surface area (Å²) in [6.45, 7) is 13.5. The largest absolute Gasteiger partial charge is 0.444 e. The van der Waals surface area contributed by atoms with Gasteiger partial charge in [-0.15, -0.1) is 0 Å². The highest BCUT2D eigenvalue weighted by Crippen LogP contribution is 2.53. The third-order valence-corrected chi connectivity index (χ3v) is 4.59. The van der Waals surface area contributed by atoms with Gasteiger partial charge in [-0.05, 0) is 58.4 Å². The monoisotopic (exact) mass is 321 g/mol. The summed E-state index contributed by atoms with van der Waals surface area (Å²) in [7, 11) is 0. The van der Waals surface area contributed by atoms with Crippen molar-refractivity contribution in [2.75, 3.05) is 13.1 Å². The van der Waals surface area contributed by atoms with E-state index in [1.807, 2.05) is 45.7 Å². The molecule has 2 fully saturated rings. The highest BCUT2D eigenvalue weighted by molar-refractivity contribution is 5.69. The Kier molecular flexibility index (Phi) is 5.07. The van der Waals surface area contributed by atoms with Gasteiger partial charge in [-0.2, -0.15) is 5.10 Å². The van der Waals surface area contributed by atoms with Gasteiger partial charge in [0.2, 0.25) is 0 Å². The molecule has 130 valence electrons. The lowest BCUT2D eigenvalue weighted by Gasteiger charge is -2.58. The van der Waals surface area contributed by atoms with Crippen LogP contribution in [0.4, 0.5) is 4.79 Å². The van der Waals surface area contributed by atoms with Gasteiger partial charge in [0, 0.05) is 24.2 Å². The van der Waals surface area contributed by atoms with E-state index < -0.39 is 5.60 Å². The molecule has 5 nitrogen and oxygen atoms in total. The summed E-state index contributed by atoms with van der Waals surface area (Å²) in [6, 6.07) is 0. The number of carbonyl (C=O) groups excluding carboxylic acids is 1. The fraction of sp³-hybridized carbons (Fsp3) is 0.778. The van der Waals surface area contributed by atoms with E-state index in [1.54, 1.807) is 0 Å². The zero-order valence-corrected chi connectivity index (χ0v) is 15.4. The van der Waals surface area contributed by atoms with Gasteiger partial charge >= 0.3 is 6.09 Å². The number of carbonyl (C=O) groups is 1. The summed E-state index contributed by atoms with van der Waals surface area (Å²) in [5.74, 6) is 0.738. The molecule has 3 rings (SSSR count). The summed E-state index contributed by atoms with van der Waals surface area (Å²) in [6.07, 6.45) is 5.32. The smallest absolute Gasteiger partial charge is 0.410 e. The van der Waals surface area contributed by atoms with E-state index in [1.165, 1.54) is 24.1 Å². The predicted molar refractivity (Wildman–Crippen MR) is 91.3 cm³/mol. The number of amides is 1. The van der Waals surface area contributed by atoms with Crippen LogP contribution in [0.25, 0.3) is 0 Å². The molecule has 0 bridgehead atoms. The molecule has 1 amide bonds. The van der Waals surface area contributed by atoms with E-state index in [-0.39, 0.29) is 6.09 Å². The van der Waals surface area contributed by atoms with E-state index >= 15 is 0 Å². The number of likely N-dealkylation sites (tertiary alicyclic amines) is 1. The Morgan fingerprint density at radius 3 is 2.48 bits per heavy atom. The Morgan fingerprint density at radius 1 is 1.39 bits per heavy atom. The molecular formula is C18H31N3O2. The average Bonchev–Trinajstić information content (AvgIpc) is 2.76. The summed E-state index contributed by atoms with van der Waals surface area (Å²) in [5.41, 5.74) is 2.48. The summed E-state index contributed by atoms with van der Waals surface area (Å²) in [4.78, 5) is 13.8. The molecule has 0 radical (unpaired) electrons. The molecule has 23 heavy (non-hydrogen) atoms. The number of nitrogens with zero attached hydrogens (tertiary/aromatic N) is 2. The van der Waals surface area contributed by atoms with Crippen molar-refractivity contribution in [2.24, 2.45) is 11.3 Å². The van der Waals surface area contributed by atoms with Crippen LogP contribution in [0.1, 0.15) is 58.7 Å². The van der Waals surface area contributed by atoms with Crippen molar-refractivity contribution in [3.8, 4) is 0 Å². The average molecular weight is 321 g/mol. The van der Waals surface area contributed by atoms with Crippen LogP contribution in [0.5, 0.6) is 0 Å². The van der Waals surface area contributed by atoms with Crippen molar-refractivity contribution in [3.05, 3.63) is 17.5 Å². The number of aromatic nitrogens is 2. The lowest BCUT2D eigenvalue weighted by Crippen LogP contribution is -2.64. The minimum Gasteiger partial charge on any atom is -0.444 e. The van der Waals surface area contributed by atoms with Crippen LogP contribution in [-0.4, -0.2) is 39.9 Å². The zero-order chi connectivity index (χ0) is 17.3. The lowest BCUT2D eigenvalue weighted by molar-refractivity contribution is -0.0947. The number of hydrogen-bond acceptors (Lipinski definition) is 3. The highest BCUT2D eigenvalue weighted by Gasteiger charge is 2.54. The van der Waals surface area contributed by atoms with Crippen LogP contribution in [0.3, 0.4) is 0 Å². The molecule has 1 aliphatic carbocycles. The van der Waals surface area contributed by atoms with Crippen molar-refractivity contribution in [3.63, 3.8) is 0 Å². The highest BCUT2D eigenvalue weighted by atomic mass is 16.6. The molecular weight excluding hydrogens is 290 g/mol. The second-order valence-corrected chi connectivity index (χ2v) is 7.84. The van der Waals surface area contributed by atoms with Crippen LogP contribution in [0, 0.1) is 18.3 Å². The standard InChI is InChI=1S/C16H25N3O2.C2H6/c1-11-13(8-17-18-11)5-12-6-16(7-12)9-19(10-16)14(20)21-15(2,3)4;1-2/h8,12H,5-7,9-10H2,1-4H3,(H,17,18);1-2H3. The molecule has 1 saturated heterocycles. The first-order chi connectivity index (χ1) is 10.8. The molecule has 1 aromatic rings. The van der Waals surface area contributed by atoms with E-state index in [2.05, 4.69) is 17.1 Å². The number of hydrogen-bond donors (Lipinski definition) is 1. The van der Waals surface area contributed by atoms with Crippen molar-refractivity contribution >= 4 is 6.09 Å². The Hall–Kier alpha value is -1.52. The van der Waals surface area contributed by atoms with Crippen LogP contribution >= 0.6 is 0 Å². The summed E-state index contributed by atoms with van der Waals surface area (Å²) < 4.78 is 5.41. The SMILES string of the molecule is CC.Cc1[nH]ncc1CC1CC2(C1)CN(C(=O)OC(C)(C)C)C2. The second kappa shape index (κ2) is 6.54.